The van der Waals surface area contributed by atoms with Gasteiger partial charge in [0.15, 0.2) is 0 Å². The third kappa shape index (κ3) is 7.11. The van der Waals surface area contributed by atoms with Crippen molar-refractivity contribution >= 4 is 28.6 Å². The van der Waals surface area contributed by atoms with E-state index in [1.54, 1.807) is 12.1 Å². The van der Waals surface area contributed by atoms with Gasteiger partial charge in [0.25, 0.3) is 22.5 Å². The minimum absolute atomic E-state index is 0.0407. The molecule has 1 rings (SSSR count). The molecule has 31 heavy (non-hydrogen) atoms. The van der Waals surface area contributed by atoms with Crippen LogP contribution in [0.15, 0.2) is 35.9 Å². The first-order valence-corrected chi connectivity index (χ1v) is 16.3. The minimum Gasteiger partial charge on any atom is -0.541 e. The van der Waals surface area contributed by atoms with Crippen LogP contribution in [0.4, 0.5) is 0 Å². The molecule has 0 fully saturated rings. The van der Waals surface area contributed by atoms with Gasteiger partial charge in [0.05, 0.1) is 0 Å². The van der Waals surface area contributed by atoms with Crippen molar-refractivity contribution in [3.05, 3.63) is 41.5 Å². The van der Waals surface area contributed by atoms with E-state index in [1.165, 1.54) is 6.08 Å². The Balaban J connectivity index is 3.43. The molecule has 0 spiro atoms. The fraction of sp³-hybridized carbons (Fsp3) is 0.500. The number of rotatable bonds is 7. The summed E-state index contributed by atoms with van der Waals surface area (Å²) in [6.45, 7) is 22.1. The molecule has 0 radical (unpaired) electrons. The van der Waals surface area contributed by atoms with Crippen LogP contribution in [-0.2, 0) is 4.79 Å². The Morgan fingerprint density at radius 3 is 1.87 bits per heavy atom. The molecule has 1 amide bonds. The number of benzene rings is 1. The highest BCUT2D eigenvalue weighted by molar-refractivity contribution is 6.75. The van der Waals surface area contributed by atoms with Crippen molar-refractivity contribution in [1.29, 1.82) is 5.26 Å². The number of carbonyl (C=O) groups excluding carboxylic acids is 1. The van der Waals surface area contributed by atoms with Crippen LogP contribution < -0.4 is 14.6 Å². The van der Waals surface area contributed by atoms with E-state index >= 15 is 0 Å². The molecule has 0 atom stereocenters. The number of nitriles is 1. The molecule has 0 aromatic heterocycles. The van der Waals surface area contributed by atoms with E-state index < -0.39 is 22.5 Å². The predicted octanol–water partition coefficient (Wildman–Crippen LogP) is 6.40. The normalized spacial score (nSPS) is 13.8. The Bertz CT molecular complexity index is 912. The fourth-order valence-corrected chi connectivity index (χ4v) is 4.12. The van der Waals surface area contributed by atoms with Gasteiger partial charge in [-0.2, -0.15) is 5.26 Å². The highest BCUT2D eigenvalue weighted by atomic mass is 28.4. The van der Waals surface area contributed by atoms with Gasteiger partial charge in [-0.3, -0.25) is 4.79 Å². The van der Waals surface area contributed by atoms with Crippen molar-refractivity contribution in [1.82, 2.24) is 0 Å². The molecule has 1 aromatic carbocycles. The molecule has 5 nitrogen and oxygen atoms in total. The molecule has 0 bridgehead atoms. The molecular weight excluding hydrogens is 420 g/mol. The quantitative estimate of drug-likeness (QED) is 0.221. The molecule has 0 aliphatic heterocycles. The molecule has 0 aliphatic rings. The average Bonchev–Trinajstić information content (AvgIpc) is 2.58. The first-order valence-electron chi connectivity index (χ1n) is 10.5. The van der Waals surface area contributed by atoms with Crippen LogP contribution in [0.1, 0.15) is 47.1 Å². The largest absolute Gasteiger partial charge is 0.541 e. The lowest BCUT2D eigenvalue weighted by Gasteiger charge is -2.39. The lowest BCUT2D eigenvalue weighted by atomic mass is 10.1. The maximum Gasteiger partial charge on any atom is 0.259 e. The number of amides is 1. The predicted molar refractivity (Wildman–Crippen MR) is 134 cm³/mol. The summed E-state index contributed by atoms with van der Waals surface area (Å²) in [5, 5.41) is 9.07. The molecule has 0 heterocycles. The number of nitrogens with zero attached hydrogens (tertiary/aromatic N) is 1. The summed E-state index contributed by atoms with van der Waals surface area (Å²) in [5.41, 5.74) is 5.98. The summed E-state index contributed by atoms with van der Waals surface area (Å²) in [6.07, 6.45) is 4.87. The lowest BCUT2D eigenvalue weighted by Crippen LogP contribution is -2.45. The monoisotopic (exact) mass is 458 g/mol. The molecule has 170 valence electrons. The highest BCUT2D eigenvalue weighted by Crippen LogP contribution is 2.43. The zero-order valence-corrected chi connectivity index (χ0v) is 22.7. The van der Waals surface area contributed by atoms with Crippen LogP contribution in [0.2, 0.25) is 36.3 Å². The molecule has 2 N–H and O–H groups in total. The molecule has 7 heteroatoms. The molecule has 0 saturated carbocycles. The Hall–Kier alpha value is -2.31. The summed E-state index contributed by atoms with van der Waals surface area (Å²) in [5.74, 6) is 0.754. The van der Waals surface area contributed by atoms with E-state index in [1.807, 2.05) is 24.3 Å². The van der Waals surface area contributed by atoms with Gasteiger partial charge < -0.3 is 14.6 Å². The van der Waals surface area contributed by atoms with Gasteiger partial charge in [-0.25, -0.2) is 0 Å². The molecule has 0 saturated heterocycles. The maximum absolute atomic E-state index is 11.2. The van der Waals surface area contributed by atoms with Gasteiger partial charge in [0.2, 0.25) is 0 Å². The van der Waals surface area contributed by atoms with Crippen molar-refractivity contribution < 1.29 is 13.6 Å². The summed E-state index contributed by atoms with van der Waals surface area (Å²) >= 11 is 0. The summed E-state index contributed by atoms with van der Waals surface area (Å²) < 4.78 is 13.2. The van der Waals surface area contributed by atoms with Crippen LogP contribution >= 0.6 is 0 Å². The Morgan fingerprint density at radius 2 is 1.45 bits per heavy atom. The third-order valence-corrected chi connectivity index (χ3v) is 14.9. The molecule has 1 aromatic rings. The molecule has 0 unspecified atom stereocenters. The van der Waals surface area contributed by atoms with E-state index in [4.69, 9.17) is 19.8 Å². The number of allylic oxidation sites excluding steroid dienone is 2. The second-order valence-corrected chi connectivity index (χ2v) is 20.3. The lowest BCUT2D eigenvalue weighted by molar-refractivity contribution is -0.114. The van der Waals surface area contributed by atoms with Crippen molar-refractivity contribution in [3.8, 4) is 17.6 Å². The van der Waals surface area contributed by atoms with Gasteiger partial charge in [-0.15, -0.1) is 0 Å². The Labute approximate surface area is 190 Å². The van der Waals surface area contributed by atoms with Crippen LogP contribution in [0.3, 0.4) is 0 Å². The minimum atomic E-state index is -2.10. The Morgan fingerprint density at radius 1 is 0.968 bits per heavy atom. The topological polar surface area (TPSA) is 85.3 Å². The van der Waals surface area contributed by atoms with Gasteiger partial charge in [0, 0.05) is 0 Å². The van der Waals surface area contributed by atoms with Gasteiger partial charge in [-0.1, -0.05) is 59.8 Å². The van der Waals surface area contributed by atoms with Crippen molar-refractivity contribution in [2.24, 2.45) is 5.73 Å². The van der Waals surface area contributed by atoms with Crippen molar-refractivity contribution in [2.75, 3.05) is 0 Å². The number of hydrogen-bond acceptors (Lipinski definition) is 4. The van der Waals surface area contributed by atoms with Gasteiger partial charge in [0.1, 0.15) is 23.1 Å². The number of primary amides is 1. The standard InChI is InChI=1S/C24H38N2O3Si2/c1-23(2,3)30(7,8)28-20-15-14-18(12-11-13-19(17-25)22(26)27)16-21(20)29-31(9,10)24(4,5)6/h11-16H,1-10H3,(H2,26,27)/b12-11+,19-13+. The smallest absolute Gasteiger partial charge is 0.259 e. The zero-order valence-electron chi connectivity index (χ0n) is 20.7. The van der Waals surface area contributed by atoms with Gasteiger partial charge >= 0.3 is 0 Å². The number of carbonyl (C=O) groups is 1. The van der Waals surface area contributed by atoms with Gasteiger partial charge in [-0.05, 0) is 60.0 Å². The fourth-order valence-electron chi connectivity index (χ4n) is 2.08. The van der Waals surface area contributed by atoms with E-state index in [0.717, 1.165) is 17.1 Å². The molecule has 0 aliphatic carbocycles. The summed E-state index contributed by atoms with van der Waals surface area (Å²) in [4.78, 5) is 11.2. The van der Waals surface area contributed by atoms with E-state index in [-0.39, 0.29) is 15.6 Å². The highest BCUT2D eigenvalue weighted by Gasteiger charge is 2.42. The molecular formula is C24H38N2O3Si2. The summed E-state index contributed by atoms with van der Waals surface area (Å²) in [6, 6.07) is 7.65. The van der Waals surface area contributed by atoms with E-state index in [2.05, 4.69) is 67.7 Å². The number of hydrogen-bond donors (Lipinski definition) is 1. The summed E-state index contributed by atoms with van der Waals surface area (Å²) in [7, 11) is -4.15. The van der Waals surface area contributed by atoms with Crippen LogP contribution in [0.25, 0.3) is 6.08 Å². The van der Waals surface area contributed by atoms with Crippen LogP contribution in [0.5, 0.6) is 11.5 Å². The van der Waals surface area contributed by atoms with E-state index in [0.29, 0.717) is 0 Å². The first-order chi connectivity index (χ1) is 13.9. The van der Waals surface area contributed by atoms with Crippen molar-refractivity contribution in [2.45, 2.75) is 77.8 Å². The maximum atomic E-state index is 11.2. The zero-order chi connectivity index (χ0) is 24.3. The third-order valence-electron chi connectivity index (χ3n) is 6.25. The van der Waals surface area contributed by atoms with Crippen molar-refractivity contribution in [3.63, 3.8) is 0 Å². The second kappa shape index (κ2) is 9.45. The van der Waals surface area contributed by atoms with Crippen LogP contribution in [0, 0.1) is 11.3 Å². The van der Waals surface area contributed by atoms with Crippen LogP contribution in [-0.4, -0.2) is 22.5 Å². The first kappa shape index (κ1) is 26.7. The SMILES string of the molecule is CC(C)(C)[Si](C)(C)Oc1ccc(/C=C/C=C(\C#N)C(N)=O)cc1O[Si](C)(C)C(C)(C)C. The number of nitrogens with two attached hydrogens (primary N) is 1. The second-order valence-electron chi connectivity index (χ2n) is 10.8. The van der Waals surface area contributed by atoms with E-state index in [9.17, 15) is 4.79 Å². The average molecular weight is 459 g/mol. The Kier molecular flexibility index (Phi) is 8.15.